The van der Waals surface area contributed by atoms with Crippen molar-refractivity contribution in [3.05, 3.63) is 60.3 Å². The molecule has 0 aliphatic carbocycles. The average molecular weight is 305 g/mol. The first kappa shape index (κ1) is 13.4. The van der Waals surface area contributed by atoms with Gasteiger partial charge in [-0.2, -0.15) is 10.2 Å². The summed E-state index contributed by atoms with van der Waals surface area (Å²) in [6.45, 7) is 2.61. The van der Waals surface area contributed by atoms with Crippen LogP contribution in [-0.2, 0) is 6.54 Å². The summed E-state index contributed by atoms with van der Waals surface area (Å²) in [5.41, 5.74) is 3.89. The quantitative estimate of drug-likeness (QED) is 0.605. The van der Waals surface area contributed by atoms with E-state index in [1.165, 1.54) is 6.33 Å². The van der Waals surface area contributed by atoms with Gasteiger partial charge < -0.3 is 5.32 Å². The standard InChI is InChI=1S/C16H15N7/c1-11-6-7-23(22-11)14-5-3-2-4-12(14)8-17-15-13-9-20-21-16(13)19-10-18-15/h2-7,9-10H,8H2,1H3,(H2,17,18,19,20,21). The van der Waals surface area contributed by atoms with Gasteiger partial charge in [-0.05, 0) is 24.6 Å². The Morgan fingerprint density at radius 2 is 2.09 bits per heavy atom. The van der Waals surface area contributed by atoms with Gasteiger partial charge in [0.25, 0.3) is 0 Å². The van der Waals surface area contributed by atoms with Crippen molar-refractivity contribution in [1.82, 2.24) is 29.9 Å². The third-order valence-electron chi connectivity index (χ3n) is 3.66. The largest absolute Gasteiger partial charge is 0.365 e. The molecule has 7 nitrogen and oxygen atoms in total. The summed E-state index contributed by atoms with van der Waals surface area (Å²) in [6.07, 6.45) is 5.21. The molecule has 114 valence electrons. The molecule has 0 radical (unpaired) electrons. The molecular weight excluding hydrogens is 290 g/mol. The number of hydrogen-bond donors (Lipinski definition) is 2. The zero-order valence-corrected chi connectivity index (χ0v) is 12.6. The zero-order chi connectivity index (χ0) is 15.6. The van der Waals surface area contributed by atoms with Gasteiger partial charge in [-0.15, -0.1) is 0 Å². The lowest BCUT2D eigenvalue weighted by Crippen LogP contribution is -2.07. The van der Waals surface area contributed by atoms with E-state index in [2.05, 4.69) is 42.7 Å². The lowest BCUT2D eigenvalue weighted by atomic mass is 10.1. The van der Waals surface area contributed by atoms with Crippen molar-refractivity contribution >= 4 is 16.9 Å². The summed E-state index contributed by atoms with van der Waals surface area (Å²) in [4.78, 5) is 8.44. The van der Waals surface area contributed by atoms with E-state index in [0.29, 0.717) is 6.54 Å². The highest BCUT2D eigenvalue weighted by Crippen LogP contribution is 2.19. The van der Waals surface area contributed by atoms with Crippen LogP contribution >= 0.6 is 0 Å². The minimum Gasteiger partial charge on any atom is -0.365 e. The summed E-state index contributed by atoms with van der Waals surface area (Å²) < 4.78 is 1.89. The maximum absolute atomic E-state index is 4.49. The van der Waals surface area contributed by atoms with E-state index in [1.807, 2.05) is 36.0 Å². The Hall–Kier alpha value is -3.22. The third-order valence-corrected chi connectivity index (χ3v) is 3.66. The monoisotopic (exact) mass is 305 g/mol. The summed E-state index contributed by atoms with van der Waals surface area (Å²) >= 11 is 0. The number of para-hydroxylation sites is 1. The zero-order valence-electron chi connectivity index (χ0n) is 12.6. The van der Waals surface area contributed by atoms with Crippen LogP contribution in [0.5, 0.6) is 0 Å². The molecule has 0 aliphatic rings. The molecule has 0 fully saturated rings. The first-order chi connectivity index (χ1) is 11.3. The number of aromatic amines is 1. The van der Waals surface area contributed by atoms with E-state index in [0.717, 1.165) is 33.8 Å². The van der Waals surface area contributed by atoms with Gasteiger partial charge in [-0.3, -0.25) is 5.10 Å². The predicted octanol–water partition coefficient (Wildman–Crippen LogP) is 2.46. The van der Waals surface area contributed by atoms with Crippen LogP contribution in [0.25, 0.3) is 16.7 Å². The van der Waals surface area contributed by atoms with Crippen LogP contribution in [0.4, 0.5) is 5.82 Å². The van der Waals surface area contributed by atoms with Crippen LogP contribution in [-0.4, -0.2) is 29.9 Å². The second kappa shape index (κ2) is 5.53. The summed E-state index contributed by atoms with van der Waals surface area (Å²) in [5.74, 6) is 0.759. The second-order valence-corrected chi connectivity index (χ2v) is 5.24. The SMILES string of the molecule is Cc1ccn(-c2ccccc2CNc2ncnc3[nH]ncc23)n1. The Morgan fingerprint density at radius 1 is 1.17 bits per heavy atom. The maximum atomic E-state index is 4.49. The van der Waals surface area contributed by atoms with E-state index >= 15 is 0 Å². The third kappa shape index (κ3) is 2.52. The van der Waals surface area contributed by atoms with E-state index < -0.39 is 0 Å². The highest BCUT2D eigenvalue weighted by Gasteiger charge is 2.08. The van der Waals surface area contributed by atoms with Crippen molar-refractivity contribution in [3.8, 4) is 5.69 Å². The van der Waals surface area contributed by atoms with E-state index in [4.69, 9.17) is 0 Å². The topological polar surface area (TPSA) is 84.3 Å². The molecule has 2 N–H and O–H groups in total. The molecule has 4 rings (SSSR count). The van der Waals surface area contributed by atoms with Crippen molar-refractivity contribution < 1.29 is 0 Å². The molecule has 0 atom stereocenters. The fraction of sp³-hybridized carbons (Fsp3) is 0.125. The van der Waals surface area contributed by atoms with Gasteiger partial charge in [0.2, 0.25) is 0 Å². The minimum absolute atomic E-state index is 0.631. The number of rotatable bonds is 4. The van der Waals surface area contributed by atoms with Crippen molar-refractivity contribution in [2.75, 3.05) is 5.32 Å². The molecule has 0 saturated heterocycles. The molecule has 0 amide bonds. The molecule has 0 unspecified atom stereocenters. The molecule has 0 bridgehead atoms. The molecule has 0 spiro atoms. The predicted molar refractivity (Wildman–Crippen MR) is 87.3 cm³/mol. The van der Waals surface area contributed by atoms with Crippen LogP contribution in [0, 0.1) is 6.92 Å². The number of nitrogens with one attached hydrogen (secondary N) is 2. The highest BCUT2D eigenvalue weighted by atomic mass is 15.3. The number of anilines is 1. The second-order valence-electron chi connectivity index (χ2n) is 5.24. The van der Waals surface area contributed by atoms with E-state index in [1.54, 1.807) is 6.20 Å². The first-order valence-electron chi connectivity index (χ1n) is 7.30. The molecule has 0 saturated carbocycles. The fourth-order valence-corrected chi connectivity index (χ4v) is 2.52. The Morgan fingerprint density at radius 3 is 2.96 bits per heavy atom. The number of H-pyrrole nitrogens is 1. The van der Waals surface area contributed by atoms with Gasteiger partial charge in [0.1, 0.15) is 12.1 Å². The average Bonchev–Trinajstić information content (AvgIpc) is 3.22. The van der Waals surface area contributed by atoms with Crippen molar-refractivity contribution in [2.24, 2.45) is 0 Å². The van der Waals surface area contributed by atoms with E-state index in [-0.39, 0.29) is 0 Å². The molecule has 4 aromatic rings. The number of fused-ring (bicyclic) bond motifs is 1. The number of hydrogen-bond acceptors (Lipinski definition) is 5. The Bertz CT molecular complexity index is 954. The lowest BCUT2D eigenvalue weighted by molar-refractivity contribution is 0.848. The number of aromatic nitrogens is 6. The molecule has 23 heavy (non-hydrogen) atoms. The van der Waals surface area contributed by atoms with Crippen LogP contribution in [0.3, 0.4) is 0 Å². The number of nitrogens with zero attached hydrogens (tertiary/aromatic N) is 5. The summed E-state index contributed by atoms with van der Waals surface area (Å²) in [7, 11) is 0. The number of aryl methyl sites for hydroxylation is 1. The lowest BCUT2D eigenvalue weighted by Gasteiger charge is -2.11. The Labute approximate surface area is 132 Å². The van der Waals surface area contributed by atoms with Gasteiger partial charge in [0, 0.05) is 12.7 Å². The smallest absolute Gasteiger partial charge is 0.160 e. The van der Waals surface area contributed by atoms with Crippen molar-refractivity contribution in [2.45, 2.75) is 13.5 Å². The summed E-state index contributed by atoms with van der Waals surface area (Å²) in [5, 5.41) is 15.6. The Kier molecular flexibility index (Phi) is 3.23. The van der Waals surface area contributed by atoms with Crippen molar-refractivity contribution in [1.29, 1.82) is 0 Å². The molecular formula is C16H15N7. The van der Waals surface area contributed by atoms with E-state index in [9.17, 15) is 0 Å². The summed E-state index contributed by atoms with van der Waals surface area (Å²) in [6, 6.07) is 10.1. The number of benzene rings is 1. The molecule has 3 aromatic heterocycles. The van der Waals surface area contributed by atoms with Gasteiger partial charge in [0.15, 0.2) is 5.65 Å². The normalized spacial score (nSPS) is 11.0. The van der Waals surface area contributed by atoms with Gasteiger partial charge in [-0.1, -0.05) is 18.2 Å². The molecule has 7 heteroatoms. The van der Waals surface area contributed by atoms with Crippen LogP contribution < -0.4 is 5.32 Å². The minimum atomic E-state index is 0.631. The van der Waals surface area contributed by atoms with Gasteiger partial charge >= 0.3 is 0 Å². The van der Waals surface area contributed by atoms with Crippen LogP contribution in [0.2, 0.25) is 0 Å². The van der Waals surface area contributed by atoms with Gasteiger partial charge in [-0.25, -0.2) is 14.6 Å². The molecule has 0 aliphatic heterocycles. The fourth-order valence-electron chi connectivity index (χ4n) is 2.52. The van der Waals surface area contributed by atoms with Crippen LogP contribution in [0.15, 0.2) is 49.1 Å². The maximum Gasteiger partial charge on any atom is 0.160 e. The Balaban J connectivity index is 1.64. The van der Waals surface area contributed by atoms with Gasteiger partial charge in [0.05, 0.1) is 23.0 Å². The molecule has 3 heterocycles. The highest BCUT2D eigenvalue weighted by molar-refractivity contribution is 5.85. The van der Waals surface area contributed by atoms with Crippen LogP contribution in [0.1, 0.15) is 11.3 Å². The van der Waals surface area contributed by atoms with Crippen molar-refractivity contribution in [3.63, 3.8) is 0 Å². The first-order valence-corrected chi connectivity index (χ1v) is 7.30. The molecule has 1 aromatic carbocycles.